The fourth-order valence-corrected chi connectivity index (χ4v) is 18.7. The van der Waals surface area contributed by atoms with Crippen molar-refractivity contribution in [2.75, 3.05) is 0 Å². The number of nitrogens with zero attached hydrogens (tertiary/aromatic N) is 14. The van der Waals surface area contributed by atoms with E-state index in [1.807, 2.05) is 177 Å². The van der Waals surface area contributed by atoms with E-state index in [1.54, 1.807) is 58.8 Å². The molecule has 0 saturated heterocycles. The monoisotopic (exact) mass is 1530 g/mol. The van der Waals surface area contributed by atoms with Crippen LogP contribution in [0, 0.1) is 0 Å². The molecule has 17 heteroatoms. The largest absolute Gasteiger partial charge is 0.265 e. The van der Waals surface area contributed by atoms with Gasteiger partial charge in [-0.1, -0.05) is 200 Å². The number of benzene rings is 9. The predicted octanol–water partition coefficient (Wildman–Crippen LogP) is 25.0. The average molecular weight is 1530 g/mol. The van der Waals surface area contributed by atoms with E-state index in [2.05, 4.69) is 177 Å². The molecule has 0 amide bonds. The van der Waals surface area contributed by atoms with Crippen molar-refractivity contribution >= 4 is 138 Å². The molecule has 0 aliphatic heterocycles. The number of rotatable bonds is 10. The highest BCUT2D eigenvalue weighted by molar-refractivity contribution is 7.27. The Hall–Kier alpha value is -14.9. The summed E-state index contributed by atoms with van der Waals surface area (Å²) >= 11 is 5.28. The average Bonchev–Trinajstić information content (AvgIpc) is 1.61. The van der Waals surface area contributed by atoms with Crippen molar-refractivity contribution in [3.63, 3.8) is 0 Å². The van der Waals surface area contributed by atoms with E-state index in [9.17, 15) is 0 Å². The van der Waals surface area contributed by atoms with Crippen molar-refractivity contribution < 1.29 is 0 Å². The quantitative estimate of drug-likeness (QED) is 0.126. The molecule has 0 spiro atoms. The van der Waals surface area contributed by atoms with Gasteiger partial charge < -0.3 is 0 Å². The van der Waals surface area contributed by atoms with Gasteiger partial charge in [-0.05, 0) is 108 Å². The van der Waals surface area contributed by atoms with Crippen LogP contribution in [0.5, 0.6) is 0 Å². The molecule has 0 fully saturated rings. The maximum atomic E-state index is 5.16. The molecule has 0 unspecified atom stereocenters. The molecule has 23 aromatic rings. The molecule has 0 aliphatic rings. The van der Waals surface area contributed by atoms with E-state index in [0.29, 0.717) is 17.5 Å². The van der Waals surface area contributed by atoms with Crippen LogP contribution in [0.4, 0.5) is 0 Å². The molecule has 14 aromatic heterocycles. The van der Waals surface area contributed by atoms with Gasteiger partial charge in [0.15, 0.2) is 17.5 Å². The highest BCUT2D eigenvalue weighted by Gasteiger charge is 2.24. The topological polar surface area (TPSA) is 180 Å². The maximum Gasteiger partial charge on any atom is 0.183 e. The van der Waals surface area contributed by atoms with Gasteiger partial charge in [0.1, 0.15) is 5.69 Å². The van der Waals surface area contributed by atoms with Gasteiger partial charge >= 0.3 is 0 Å². The van der Waals surface area contributed by atoms with Gasteiger partial charge in [-0.25, -0.2) is 44.9 Å². The summed E-state index contributed by atoms with van der Waals surface area (Å²) in [5, 5.41) is 9.43. The second kappa shape index (κ2) is 29.4. The number of pyridine rings is 9. The van der Waals surface area contributed by atoms with E-state index in [-0.39, 0.29) is 0 Å². The Morgan fingerprint density at radius 2 is 0.626 bits per heavy atom. The summed E-state index contributed by atoms with van der Waals surface area (Å²) in [6.07, 6.45) is 16.5. The zero-order valence-corrected chi connectivity index (χ0v) is 63.4. The maximum absolute atomic E-state index is 5.16. The van der Waals surface area contributed by atoms with Crippen LogP contribution in [0.3, 0.4) is 0 Å². The number of fused-ring (bicyclic) bond motifs is 16. The predicted molar refractivity (Wildman–Crippen MR) is 472 cm³/mol. The molecule has 23 rings (SSSR count). The lowest BCUT2D eigenvalue weighted by molar-refractivity contribution is 1.07. The first kappa shape index (κ1) is 68.2. The van der Waals surface area contributed by atoms with Gasteiger partial charge in [0.25, 0.3) is 0 Å². The Labute approximate surface area is 669 Å². The van der Waals surface area contributed by atoms with Crippen molar-refractivity contribution in [3.05, 3.63) is 353 Å². The zero-order valence-electron chi connectivity index (χ0n) is 61.0. The van der Waals surface area contributed by atoms with Gasteiger partial charge in [0.05, 0.1) is 87.6 Å². The zero-order chi connectivity index (χ0) is 76.1. The lowest BCUT2D eigenvalue weighted by atomic mass is 9.97. The lowest BCUT2D eigenvalue weighted by Crippen LogP contribution is -2.01. The van der Waals surface area contributed by atoms with Crippen molar-refractivity contribution in [3.8, 4) is 113 Å². The molecule has 0 aliphatic carbocycles. The highest BCUT2D eigenvalue weighted by Crippen LogP contribution is 2.47. The van der Waals surface area contributed by atoms with Gasteiger partial charge in [-0.3, -0.25) is 24.9 Å². The second-order valence-electron chi connectivity index (χ2n) is 27.5. The summed E-state index contributed by atoms with van der Waals surface area (Å²) in [6, 6.07) is 101. The van der Waals surface area contributed by atoms with Gasteiger partial charge in [-0.15, -0.1) is 34.0 Å². The first-order chi connectivity index (χ1) is 57.0. The molecule has 14 nitrogen and oxygen atoms in total. The molecule has 14 heterocycles. The van der Waals surface area contributed by atoms with E-state index >= 15 is 0 Å². The molecule has 538 valence electrons. The Morgan fingerprint density at radius 1 is 0.200 bits per heavy atom. The molecular weight excluding hydrogens is 1470 g/mol. The molecule has 0 atom stereocenters. The fraction of sp³-hybridized carbons (Fsp3) is 0. The molecule has 9 aromatic carbocycles. The SMILES string of the molecule is c1cc(-c2cc(-c3ccncc3)nc(-c3ccncc3)c2)cc(-c2nc3cnccc3c3c2sc2ccccc23)c1.c1ccc(-c2nc(-c3ccccc3)nc(-c3nc4cccnc4c4c3sc3ccccc34)n2)cc1.c1ccc(-c2nc3ccccc3nc2-c2ccc(-c3nc4ccncc4c4c3sc3ccccc34)cc2)cc1. The minimum Gasteiger partial charge on any atom is -0.265 e. The van der Waals surface area contributed by atoms with Crippen molar-refractivity contribution in [1.29, 1.82) is 0 Å². The third kappa shape index (κ3) is 12.8. The smallest absolute Gasteiger partial charge is 0.183 e. The molecule has 0 radical (unpaired) electrons. The highest BCUT2D eigenvalue weighted by atomic mass is 32.1. The normalized spacial score (nSPS) is 11.5. The van der Waals surface area contributed by atoms with Crippen LogP contribution in [-0.4, -0.2) is 69.8 Å². The minimum atomic E-state index is 0.556. The summed E-state index contributed by atoms with van der Waals surface area (Å²) in [4.78, 5) is 66.9. The Balaban J connectivity index is 0.000000108. The van der Waals surface area contributed by atoms with Crippen LogP contribution in [0.15, 0.2) is 353 Å². The Kier molecular flexibility index (Phi) is 17.4. The van der Waals surface area contributed by atoms with Crippen molar-refractivity contribution in [1.82, 2.24) is 69.8 Å². The number of aromatic nitrogens is 14. The third-order valence-corrected chi connectivity index (χ3v) is 24.0. The van der Waals surface area contributed by atoms with E-state index in [4.69, 9.17) is 44.9 Å². The standard InChI is InChI=1S/C35H21N5S.C34H20N4S.C29H17N5S/c1-2-7-32-28(6-1)33-27-12-17-38-21-31(27)40-34(35(33)41-32)25-5-3-4-24(18-25)26-19-29(22-8-13-36-14-9-22)39-30(20-26)23-10-15-37-16-11-23;1-2-8-21(9-3-1)31-32(38-28-12-6-5-11-27(28)37-31)22-14-16-23(17-15-22)33-34-30(24-10-4-7-13-29(24)39-34)25-20-35-19-18-26(25)36-33;1-3-10-18(11-4-1)27-32-28(19-12-5-2-6-13-19)34-29(33-27)25-26-23(20-14-7-8-16-22(20)35-26)24-21(31-25)15-9-17-30-24/h1-21H;1-20H;1-17H. The first-order valence-electron chi connectivity index (χ1n) is 37.4. The first-order valence-corrected chi connectivity index (χ1v) is 39.9. The van der Waals surface area contributed by atoms with Crippen LogP contribution in [0.25, 0.3) is 217 Å². The summed E-state index contributed by atoms with van der Waals surface area (Å²) in [7, 11) is 0. The van der Waals surface area contributed by atoms with Gasteiger partial charge in [0.2, 0.25) is 0 Å². The van der Waals surface area contributed by atoms with Crippen molar-refractivity contribution in [2.24, 2.45) is 0 Å². The van der Waals surface area contributed by atoms with Crippen LogP contribution in [0.1, 0.15) is 0 Å². The Bertz CT molecular complexity index is 7550. The van der Waals surface area contributed by atoms with E-state index in [1.165, 1.54) is 50.4 Å². The lowest BCUT2D eigenvalue weighted by Gasteiger charge is -2.12. The summed E-state index contributed by atoms with van der Waals surface area (Å²) in [5.41, 5.74) is 21.9. The van der Waals surface area contributed by atoms with Gasteiger partial charge in [0, 0.05) is 151 Å². The van der Waals surface area contributed by atoms with Crippen LogP contribution < -0.4 is 0 Å². The van der Waals surface area contributed by atoms with Crippen LogP contribution in [-0.2, 0) is 0 Å². The van der Waals surface area contributed by atoms with Crippen LogP contribution >= 0.6 is 34.0 Å². The van der Waals surface area contributed by atoms with Crippen LogP contribution in [0.2, 0.25) is 0 Å². The minimum absolute atomic E-state index is 0.556. The summed E-state index contributed by atoms with van der Waals surface area (Å²) < 4.78 is 7.09. The Morgan fingerprint density at radius 3 is 1.23 bits per heavy atom. The number of hydrogen-bond acceptors (Lipinski definition) is 17. The number of para-hydroxylation sites is 2. The third-order valence-electron chi connectivity index (χ3n) is 20.5. The fourth-order valence-electron chi connectivity index (χ4n) is 15.1. The number of thiophene rings is 3. The molecule has 0 saturated carbocycles. The number of hydrogen-bond donors (Lipinski definition) is 0. The second-order valence-corrected chi connectivity index (χ2v) is 30.7. The summed E-state index contributed by atoms with van der Waals surface area (Å²) in [5.74, 6) is 1.80. The molecule has 0 N–H and O–H groups in total. The molecule has 115 heavy (non-hydrogen) atoms. The molecule has 0 bridgehead atoms. The van der Waals surface area contributed by atoms with E-state index < -0.39 is 0 Å². The van der Waals surface area contributed by atoms with Crippen molar-refractivity contribution in [2.45, 2.75) is 0 Å². The van der Waals surface area contributed by atoms with Gasteiger partial charge in [-0.2, -0.15) is 0 Å². The summed E-state index contributed by atoms with van der Waals surface area (Å²) in [6.45, 7) is 0. The molecular formula is C98H58N14S3. The van der Waals surface area contributed by atoms with E-state index in [0.717, 1.165) is 149 Å².